The maximum Gasteiger partial charge on any atom is 0.320 e. The molecule has 0 bridgehead atoms. The number of halogens is 1. The van der Waals surface area contributed by atoms with Crippen molar-refractivity contribution < 1.29 is 23.8 Å². The van der Waals surface area contributed by atoms with Crippen LogP contribution in [0.25, 0.3) is 10.2 Å². The number of piperazine rings is 1. The highest BCUT2D eigenvalue weighted by Gasteiger charge is 2.39. The number of amides is 2. The van der Waals surface area contributed by atoms with Gasteiger partial charge >= 0.3 is 12.0 Å². The summed E-state index contributed by atoms with van der Waals surface area (Å²) in [6, 6.07) is 11.0. The van der Waals surface area contributed by atoms with Gasteiger partial charge in [0.05, 0.1) is 10.2 Å². The van der Waals surface area contributed by atoms with Crippen molar-refractivity contribution in [2.24, 2.45) is 0 Å². The topological polar surface area (TPSA) is 129 Å². The Labute approximate surface area is 258 Å². The van der Waals surface area contributed by atoms with Crippen molar-refractivity contribution >= 4 is 39.2 Å². The number of fused-ring (bicyclic) bond motifs is 1. The minimum Gasteiger partial charge on any atom is -0.480 e. The van der Waals surface area contributed by atoms with Crippen LogP contribution in [0, 0.1) is 5.82 Å². The van der Waals surface area contributed by atoms with Gasteiger partial charge < -0.3 is 25.8 Å². The highest BCUT2D eigenvalue weighted by Crippen LogP contribution is 2.42. The Hall–Kier alpha value is -4.13. The van der Waals surface area contributed by atoms with Gasteiger partial charge in [0, 0.05) is 78.9 Å². The third-order valence-corrected chi connectivity index (χ3v) is 9.25. The Morgan fingerprint density at radius 2 is 2.07 bits per heavy atom. The number of ether oxygens (including phenoxy) is 1. The third kappa shape index (κ3) is 6.67. The number of hydrogen-bond acceptors (Lipinski definition) is 8. The van der Waals surface area contributed by atoms with Gasteiger partial charge in [0.25, 0.3) is 0 Å². The number of carboxylic acid groups (broad SMARTS) is 1. The summed E-state index contributed by atoms with van der Waals surface area (Å²) in [5, 5.41) is 19.1. The number of nitrogens with one attached hydrogen (secondary N) is 3. The highest BCUT2D eigenvalue weighted by molar-refractivity contribution is 7.19. The Balaban J connectivity index is 1.32. The van der Waals surface area contributed by atoms with E-state index < -0.39 is 17.8 Å². The Bertz CT molecular complexity index is 1630. The van der Waals surface area contributed by atoms with Crippen LogP contribution in [-0.2, 0) is 4.79 Å². The van der Waals surface area contributed by atoms with E-state index in [0.29, 0.717) is 43.0 Å². The Morgan fingerprint density at radius 3 is 2.80 bits per heavy atom. The lowest BCUT2D eigenvalue weighted by molar-refractivity contribution is -0.145. The van der Waals surface area contributed by atoms with E-state index in [-0.39, 0.29) is 29.8 Å². The fourth-order valence-corrected chi connectivity index (χ4v) is 7.06. The van der Waals surface area contributed by atoms with Gasteiger partial charge in [-0.1, -0.05) is 19.4 Å². The summed E-state index contributed by atoms with van der Waals surface area (Å²) in [6.07, 6.45) is 8.42. The molecule has 1 saturated carbocycles. The lowest BCUT2D eigenvalue weighted by Gasteiger charge is -2.43. The van der Waals surface area contributed by atoms with E-state index in [1.165, 1.54) is 23.5 Å². The van der Waals surface area contributed by atoms with Gasteiger partial charge in [-0.25, -0.2) is 9.18 Å². The fraction of sp³-hybridized carbons (Fsp3) is 0.375. The van der Waals surface area contributed by atoms with Crippen molar-refractivity contribution in [1.82, 2.24) is 25.5 Å². The number of benzene rings is 1. The van der Waals surface area contributed by atoms with Crippen molar-refractivity contribution in [1.29, 1.82) is 0 Å². The van der Waals surface area contributed by atoms with Gasteiger partial charge in [-0.3, -0.25) is 19.7 Å². The van der Waals surface area contributed by atoms with Crippen LogP contribution in [0.2, 0.25) is 0 Å². The number of pyridine rings is 2. The van der Waals surface area contributed by atoms with E-state index in [9.17, 15) is 14.7 Å². The fourth-order valence-electron chi connectivity index (χ4n) is 5.81. The highest BCUT2D eigenvalue weighted by atomic mass is 32.1. The minimum absolute atomic E-state index is 0.0240. The maximum atomic E-state index is 15.1. The van der Waals surface area contributed by atoms with Crippen molar-refractivity contribution in [3.63, 3.8) is 0 Å². The second-order valence-electron chi connectivity index (χ2n) is 11.2. The first-order chi connectivity index (χ1) is 21.4. The average Bonchev–Trinajstić information content (AvgIpc) is 3.72. The molecular formula is C32H35FN6O4S. The van der Waals surface area contributed by atoms with Crippen LogP contribution >= 0.6 is 11.3 Å². The normalized spacial score (nSPS) is 18.5. The first-order valence-electron chi connectivity index (χ1n) is 14.9. The molecule has 4 N–H and O–H groups in total. The first-order valence-corrected chi connectivity index (χ1v) is 15.8. The largest absolute Gasteiger partial charge is 0.480 e. The zero-order valence-corrected chi connectivity index (χ0v) is 25.1. The maximum absolute atomic E-state index is 15.1. The van der Waals surface area contributed by atoms with E-state index in [4.69, 9.17) is 4.74 Å². The molecule has 3 aromatic heterocycles. The molecule has 4 heterocycles. The summed E-state index contributed by atoms with van der Waals surface area (Å²) in [5.74, 6) is -1.13. The molecule has 1 saturated heterocycles. The van der Waals surface area contributed by atoms with Gasteiger partial charge in [-0.05, 0) is 49.1 Å². The summed E-state index contributed by atoms with van der Waals surface area (Å²) in [4.78, 5) is 36.5. The number of thiophene rings is 1. The SMILES string of the molecule is CCCC(C(=O)O)N1CCNCC1C(c1cccnc1)c1cc2nccc(Oc3ccc(NC(=O)NC4CC4)cc3F)c2s1. The van der Waals surface area contributed by atoms with Crippen LogP contribution in [0.15, 0.2) is 61.1 Å². The molecule has 3 atom stereocenters. The van der Waals surface area contributed by atoms with E-state index >= 15 is 4.39 Å². The zero-order chi connectivity index (χ0) is 30.6. The van der Waals surface area contributed by atoms with Crippen LogP contribution in [0.5, 0.6) is 11.5 Å². The molecule has 230 valence electrons. The number of anilines is 1. The molecule has 12 heteroatoms. The molecule has 1 aromatic carbocycles. The van der Waals surface area contributed by atoms with Crippen LogP contribution in [-0.4, -0.2) is 69.7 Å². The molecule has 1 aliphatic carbocycles. The van der Waals surface area contributed by atoms with Crippen molar-refractivity contribution in [2.75, 3.05) is 25.0 Å². The number of carbonyl (C=O) groups is 2. The number of nitrogens with zero attached hydrogens (tertiary/aromatic N) is 3. The molecule has 10 nitrogen and oxygen atoms in total. The average molecular weight is 619 g/mol. The van der Waals surface area contributed by atoms with Crippen molar-refractivity contribution in [3.8, 4) is 11.5 Å². The summed E-state index contributed by atoms with van der Waals surface area (Å²) in [6.45, 7) is 3.94. The monoisotopic (exact) mass is 618 g/mol. The number of rotatable bonds is 11. The zero-order valence-electron chi connectivity index (χ0n) is 24.3. The van der Waals surface area contributed by atoms with Gasteiger partial charge in [-0.2, -0.15) is 0 Å². The molecule has 3 unspecified atom stereocenters. The second-order valence-corrected chi connectivity index (χ2v) is 12.3. The minimum atomic E-state index is -0.816. The van der Waals surface area contributed by atoms with Crippen LogP contribution < -0.4 is 20.7 Å². The van der Waals surface area contributed by atoms with Gasteiger partial charge in [0.1, 0.15) is 11.8 Å². The third-order valence-electron chi connectivity index (χ3n) is 8.03. The number of aromatic nitrogens is 2. The van der Waals surface area contributed by atoms with E-state index in [0.717, 1.165) is 34.4 Å². The van der Waals surface area contributed by atoms with Gasteiger partial charge in [-0.15, -0.1) is 11.3 Å². The van der Waals surface area contributed by atoms with Crippen molar-refractivity contribution in [2.45, 2.75) is 56.7 Å². The van der Waals surface area contributed by atoms with E-state index in [1.807, 2.05) is 31.3 Å². The summed E-state index contributed by atoms with van der Waals surface area (Å²) >= 11 is 1.50. The van der Waals surface area contributed by atoms with Crippen LogP contribution in [0.4, 0.5) is 14.9 Å². The second kappa shape index (κ2) is 13.2. The molecule has 2 aliphatic rings. The number of carbonyl (C=O) groups excluding carboxylic acids is 1. The summed E-state index contributed by atoms with van der Waals surface area (Å²) in [5.41, 5.74) is 2.00. The molecule has 2 amide bonds. The predicted molar refractivity (Wildman–Crippen MR) is 167 cm³/mol. The quantitative estimate of drug-likeness (QED) is 0.172. The molecule has 0 spiro atoms. The molecule has 0 radical (unpaired) electrons. The summed E-state index contributed by atoms with van der Waals surface area (Å²) in [7, 11) is 0. The number of urea groups is 1. The number of hydrogen-bond donors (Lipinski definition) is 4. The molecular weight excluding hydrogens is 583 g/mol. The van der Waals surface area contributed by atoms with Gasteiger partial charge in [0.2, 0.25) is 0 Å². The number of carboxylic acids is 1. The number of aliphatic carboxylic acids is 1. The first kappa shape index (κ1) is 29.9. The lowest BCUT2D eigenvalue weighted by Crippen LogP contribution is -2.59. The smallest absolute Gasteiger partial charge is 0.320 e. The van der Waals surface area contributed by atoms with Crippen molar-refractivity contribution in [3.05, 3.63) is 77.3 Å². The molecule has 44 heavy (non-hydrogen) atoms. The van der Waals surface area contributed by atoms with E-state index in [1.54, 1.807) is 24.5 Å². The standard InChI is InChI=1S/C32H35FN6O4S/c1-2-4-24(31(40)41)39-14-13-35-18-25(39)29(19-5-3-11-34-17-19)28-16-23-30(44-28)27(10-12-36-23)43-26-9-8-21(15-22(26)33)38-32(42)37-20-6-7-20/h3,5,8-12,15-17,20,24-25,29,35H,2,4,6-7,13-14,18H2,1H3,(H,40,41)(H2,37,38,42). The Kier molecular flexibility index (Phi) is 9.01. The van der Waals surface area contributed by atoms with Crippen LogP contribution in [0.3, 0.4) is 0 Å². The predicted octanol–water partition coefficient (Wildman–Crippen LogP) is 5.57. The van der Waals surface area contributed by atoms with E-state index in [2.05, 4.69) is 30.8 Å². The molecule has 6 rings (SSSR count). The van der Waals surface area contributed by atoms with Gasteiger partial charge in [0.15, 0.2) is 11.6 Å². The lowest BCUT2D eigenvalue weighted by atomic mass is 9.87. The van der Waals surface area contributed by atoms with Crippen LogP contribution in [0.1, 0.15) is 49.0 Å². The molecule has 2 fully saturated rings. The Morgan fingerprint density at radius 1 is 1.20 bits per heavy atom. The molecule has 4 aromatic rings. The molecule has 1 aliphatic heterocycles. The summed E-state index contributed by atoms with van der Waals surface area (Å²) < 4.78 is 22.0.